The van der Waals surface area contributed by atoms with Gasteiger partial charge in [0.15, 0.2) is 4.80 Å². The number of nitrogens with zero attached hydrogens (tertiary/aromatic N) is 2. The fourth-order valence-electron chi connectivity index (χ4n) is 4.47. The van der Waals surface area contributed by atoms with Crippen molar-refractivity contribution in [2.24, 2.45) is 4.99 Å². The highest BCUT2D eigenvalue weighted by molar-refractivity contribution is 9.10. The molecule has 6 nitrogen and oxygen atoms in total. The molecule has 0 saturated heterocycles. The van der Waals surface area contributed by atoms with Gasteiger partial charge in [0.25, 0.3) is 5.56 Å². The van der Waals surface area contributed by atoms with Crippen molar-refractivity contribution in [1.29, 1.82) is 0 Å². The molecule has 0 fully saturated rings. The largest absolute Gasteiger partial charge is 0.488 e. The number of para-hydroxylation sites is 1. The lowest BCUT2D eigenvalue weighted by Crippen LogP contribution is -2.39. The number of thiazole rings is 1. The Morgan fingerprint density at radius 3 is 2.49 bits per heavy atom. The van der Waals surface area contributed by atoms with Crippen LogP contribution in [0.3, 0.4) is 0 Å². The molecule has 0 aliphatic carbocycles. The first-order valence-corrected chi connectivity index (χ1v) is 14.2. The molecule has 0 N–H and O–H groups in total. The van der Waals surface area contributed by atoms with E-state index in [-0.39, 0.29) is 12.2 Å². The Kier molecular flexibility index (Phi) is 7.95. The highest BCUT2D eigenvalue weighted by Crippen LogP contribution is 2.31. The molecule has 1 aliphatic heterocycles. The van der Waals surface area contributed by atoms with Gasteiger partial charge in [0, 0.05) is 10.0 Å². The Morgan fingerprint density at radius 1 is 1.05 bits per heavy atom. The number of carbonyl (C=O) groups excluding carboxylic acids is 1. The number of carbonyl (C=O) groups is 1. The van der Waals surface area contributed by atoms with E-state index >= 15 is 0 Å². The topological polar surface area (TPSA) is 69.9 Å². The quantitative estimate of drug-likeness (QED) is 0.264. The Bertz CT molecular complexity index is 1740. The lowest BCUT2D eigenvalue weighted by molar-refractivity contribution is -0.139. The molecule has 0 spiro atoms. The maximum absolute atomic E-state index is 13.9. The fraction of sp³-hybridized carbons (Fsp3) is 0.194. The molecule has 1 aliphatic rings. The molecule has 1 aromatic heterocycles. The van der Waals surface area contributed by atoms with Gasteiger partial charge in [-0.1, -0.05) is 87.4 Å². The molecule has 3 aromatic carbocycles. The van der Waals surface area contributed by atoms with Crippen LogP contribution >= 0.6 is 27.3 Å². The summed E-state index contributed by atoms with van der Waals surface area (Å²) in [4.78, 5) is 32.1. The Morgan fingerprint density at radius 2 is 1.77 bits per heavy atom. The van der Waals surface area contributed by atoms with Gasteiger partial charge in [-0.05, 0) is 56.2 Å². The van der Waals surface area contributed by atoms with Gasteiger partial charge in [-0.3, -0.25) is 9.36 Å². The van der Waals surface area contributed by atoms with Crippen molar-refractivity contribution in [2.45, 2.75) is 33.4 Å². The van der Waals surface area contributed by atoms with Gasteiger partial charge in [-0.2, -0.15) is 0 Å². The maximum atomic E-state index is 13.9. The number of esters is 1. The fourth-order valence-corrected chi connectivity index (χ4v) is 5.77. The second-order valence-electron chi connectivity index (χ2n) is 9.17. The SMILES string of the molecule is CCOC(=O)C1=C(C)N=c2s/c(=C/c3ccccc3OCc3ccc(Br)cc3)c(=O)n2[C@H]1c1ccc(C)cc1. The van der Waals surface area contributed by atoms with Crippen molar-refractivity contribution in [3.63, 3.8) is 0 Å². The zero-order valence-corrected chi connectivity index (χ0v) is 24.2. The van der Waals surface area contributed by atoms with Gasteiger partial charge < -0.3 is 9.47 Å². The minimum Gasteiger partial charge on any atom is -0.488 e. The first-order chi connectivity index (χ1) is 18.9. The summed E-state index contributed by atoms with van der Waals surface area (Å²) in [5, 5.41) is 0. The number of aromatic nitrogens is 1. The van der Waals surface area contributed by atoms with E-state index in [9.17, 15) is 9.59 Å². The molecule has 0 bridgehead atoms. The van der Waals surface area contributed by atoms with Gasteiger partial charge in [-0.15, -0.1) is 0 Å². The summed E-state index contributed by atoms with van der Waals surface area (Å²) in [7, 11) is 0. The van der Waals surface area contributed by atoms with Crippen LogP contribution in [0.4, 0.5) is 0 Å². The minimum absolute atomic E-state index is 0.221. The van der Waals surface area contributed by atoms with Crippen molar-refractivity contribution >= 4 is 39.3 Å². The molecule has 0 saturated carbocycles. The van der Waals surface area contributed by atoms with Crippen LogP contribution in [0.15, 0.2) is 98.3 Å². The number of fused-ring (bicyclic) bond motifs is 1. The monoisotopic (exact) mass is 602 g/mol. The van der Waals surface area contributed by atoms with E-state index < -0.39 is 12.0 Å². The molecule has 0 amide bonds. The van der Waals surface area contributed by atoms with Gasteiger partial charge in [-0.25, -0.2) is 9.79 Å². The summed E-state index contributed by atoms with van der Waals surface area (Å²) in [6, 6.07) is 22.8. The molecule has 8 heteroatoms. The molecule has 2 heterocycles. The van der Waals surface area contributed by atoms with E-state index in [0.717, 1.165) is 26.7 Å². The predicted molar refractivity (Wildman–Crippen MR) is 156 cm³/mol. The highest BCUT2D eigenvalue weighted by atomic mass is 79.9. The second kappa shape index (κ2) is 11.6. The normalized spacial score (nSPS) is 15.1. The van der Waals surface area contributed by atoms with Crippen molar-refractivity contribution < 1.29 is 14.3 Å². The van der Waals surface area contributed by atoms with E-state index in [0.29, 0.717) is 33.0 Å². The molecule has 39 heavy (non-hydrogen) atoms. The van der Waals surface area contributed by atoms with Gasteiger partial charge in [0.2, 0.25) is 0 Å². The smallest absolute Gasteiger partial charge is 0.338 e. The average molecular weight is 604 g/mol. The third-order valence-electron chi connectivity index (χ3n) is 6.42. The number of ether oxygens (including phenoxy) is 2. The van der Waals surface area contributed by atoms with E-state index in [1.807, 2.05) is 85.8 Å². The van der Waals surface area contributed by atoms with Crippen molar-refractivity contribution in [1.82, 2.24) is 4.57 Å². The zero-order chi connectivity index (χ0) is 27.5. The summed E-state index contributed by atoms with van der Waals surface area (Å²) in [6.45, 7) is 6.18. The Labute approximate surface area is 238 Å². The van der Waals surface area contributed by atoms with Gasteiger partial charge >= 0.3 is 5.97 Å². The van der Waals surface area contributed by atoms with E-state index in [1.165, 1.54) is 11.3 Å². The van der Waals surface area contributed by atoms with Crippen LogP contribution in [-0.2, 0) is 16.1 Å². The third-order valence-corrected chi connectivity index (χ3v) is 7.93. The minimum atomic E-state index is -0.632. The molecule has 4 aromatic rings. The van der Waals surface area contributed by atoms with Crippen LogP contribution < -0.4 is 19.6 Å². The second-order valence-corrected chi connectivity index (χ2v) is 11.1. The maximum Gasteiger partial charge on any atom is 0.338 e. The average Bonchev–Trinajstić information content (AvgIpc) is 3.23. The van der Waals surface area contributed by atoms with Crippen LogP contribution in [0.2, 0.25) is 0 Å². The molecule has 0 unspecified atom stereocenters. The standard InChI is InChI=1S/C31H27BrN2O4S/c1-4-37-30(36)27-20(3)33-31-34(28(27)22-13-9-19(2)10-14-22)29(35)26(39-31)17-23-7-5-6-8-25(23)38-18-21-11-15-24(32)16-12-21/h5-17,28H,4,18H2,1-3H3/b26-17+/t28-/m0/s1. The molecule has 198 valence electrons. The molecular formula is C31H27BrN2O4S. The first kappa shape index (κ1) is 26.8. The molecule has 0 radical (unpaired) electrons. The van der Waals surface area contributed by atoms with Crippen molar-refractivity contribution in [3.8, 4) is 5.75 Å². The first-order valence-electron chi connectivity index (χ1n) is 12.6. The number of halogens is 1. The Hall–Kier alpha value is -3.75. The van der Waals surface area contributed by atoms with Crippen LogP contribution in [0.25, 0.3) is 6.08 Å². The van der Waals surface area contributed by atoms with Crippen LogP contribution in [-0.4, -0.2) is 17.1 Å². The number of hydrogen-bond donors (Lipinski definition) is 0. The lowest BCUT2D eigenvalue weighted by Gasteiger charge is -2.24. The third kappa shape index (κ3) is 5.67. The van der Waals surface area contributed by atoms with Crippen LogP contribution in [0.1, 0.15) is 42.1 Å². The zero-order valence-electron chi connectivity index (χ0n) is 21.8. The summed E-state index contributed by atoms with van der Waals surface area (Å²) in [6.07, 6.45) is 1.83. The van der Waals surface area contributed by atoms with Crippen LogP contribution in [0.5, 0.6) is 5.75 Å². The number of benzene rings is 3. The predicted octanol–water partition coefficient (Wildman–Crippen LogP) is 5.45. The van der Waals surface area contributed by atoms with Gasteiger partial charge in [0.05, 0.1) is 28.5 Å². The van der Waals surface area contributed by atoms with Crippen molar-refractivity contribution in [2.75, 3.05) is 6.61 Å². The number of rotatable bonds is 7. The lowest BCUT2D eigenvalue weighted by atomic mass is 9.95. The van der Waals surface area contributed by atoms with E-state index in [2.05, 4.69) is 20.9 Å². The molecule has 1 atom stereocenters. The number of hydrogen-bond acceptors (Lipinski definition) is 6. The van der Waals surface area contributed by atoms with E-state index in [1.54, 1.807) is 18.4 Å². The Balaban J connectivity index is 1.59. The summed E-state index contributed by atoms with van der Waals surface area (Å²) < 4.78 is 14.6. The van der Waals surface area contributed by atoms with E-state index in [4.69, 9.17) is 9.47 Å². The van der Waals surface area contributed by atoms with Gasteiger partial charge in [0.1, 0.15) is 12.4 Å². The number of aryl methyl sites for hydroxylation is 1. The number of allylic oxidation sites excluding steroid dienone is 1. The summed E-state index contributed by atoms with van der Waals surface area (Å²) in [5.41, 5.74) is 4.43. The van der Waals surface area contributed by atoms with Crippen LogP contribution in [0, 0.1) is 6.92 Å². The molecule has 5 rings (SSSR count). The molecular weight excluding hydrogens is 576 g/mol. The highest BCUT2D eigenvalue weighted by Gasteiger charge is 2.33. The summed E-state index contributed by atoms with van der Waals surface area (Å²) >= 11 is 4.75. The van der Waals surface area contributed by atoms with Crippen molar-refractivity contribution in [3.05, 3.63) is 130 Å². The summed E-state index contributed by atoms with van der Waals surface area (Å²) in [5.74, 6) is 0.204.